The second-order valence-corrected chi connectivity index (χ2v) is 6.42. The van der Waals surface area contributed by atoms with Crippen LogP contribution in [0.3, 0.4) is 0 Å². The first kappa shape index (κ1) is 13.5. The van der Waals surface area contributed by atoms with Gasteiger partial charge >= 0.3 is 0 Å². The number of hydrogen-bond acceptors (Lipinski definition) is 2. The molecule has 1 N–H and O–H groups in total. The van der Waals surface area contributed by atoms with Gasteiger partial charge in [0.15, 0.2) is 0 Å². The molecule has 0 radical (unpaired) electrons. The van der Waals surface area contributed by atoms with Crippen LogP contribution in [0.5, 0.6) is 0 Å². The lowest BCUT2D eigenvalue weighted by atomic mass is 9.95. The summed E-state index contributed by atoms with van der Waals surface area (Å²) in [6.45, 7) is 4.61. The van der Waals surface area contributed by atoms with Gasteiger partial charge in [0.1, 0.15) is 0 Å². The van der Waals surface area contributed by atoms with Crippen molar-refractivity contribution in [2.24, 2.45) is 0 Å². The summed E-state index contributed by atoms with van der Waals surface area (Å²) in [5.74, 6) is 0. The summed E-state index contributed by atoms with van der Waals surface area (Å²) in [7, 11) is -1.09. The van der Waals surface area contributed by atoms with Gasteiger partial charge in [-0.25, -0.2) is 4.21 Å². The van der Waals surface area contributed by atoms with Gasteiger partial charge in [-0.3, -0.25) is 0 Å². The van der Waals surface area contributed by atoms with Crippen LogP contribution in [0.4, 0.5) is 0 Å². The highest BCUT2D eigenvalue weighted by Gasteiger charge is 2.14. The smallest absolute Gasteiger partial charge is 0.0815 e. The lowest BCUT2D eigenvalue weighted by Crippen LogP contribution is -2.32. The van der Waals surface area contributed by atoms with Gasteiger partial charge in [0.2, 0.25) is 0 Å². The van der Waals surface area contributed by atoms with Crippen molar-refractivity contribution in [1.82, 2.24) is 5.32 Å². The zero-order valence-corrected chi connectivity index (χ0v) is 11.5. The van der Waals surface area contributed by atoms with E-state index >= 15 is 0 Å². The van der Waals surface area contributed by atoms with Crippen molar-refractivity contribution in [3.63, 3.8) is 0 Å². The first-order valence-corrected chi connectivity index (χ1v) is 7.80. The predicted molar refractivity (Wildman–Crippen MR) is 76.9 cm³/mol. The van der Waals surface area contributed by atoms with Gasteiger partial charge in [-0.2, -0.15) is 0 Å². The first-order valence-electron chi connectivity index (χ1n) is 6.65. The quantitative estimate of drug-likeness (QED) is 0.883. The second-order valence-electron chi connectivity index (χ2n) is 4.84. The molecule has 0 spiro atoms. The topological polar surface area (TPSA) is 29.1 Å². The Morgan fingerprint density at radius 2 is 1.89 bits per heavy atom. The zero-order chi connectivity index (χ0) is 12.8. The monoisotopic (exact) mass is 263 g/mol. The molecule has 0 heterocycles. The molecule has 1 atom stereocenters. The SMILES string of the molecule is C=C(CNC1CCCCC1)S(=O)c1ccccc1. The number of nitrogens with one attached hydrogen (secondary N) is 1. The Kier molecular flexibility index (Phi) is 5.14. The molecule has 1 unspecified atom stereocenters. The number of hydrogen-bond donors (Lipinski definition) is 1. The Morgan fingerprint density at radius 3 is 2.56 bits per heavy atom. The Morgan fingerprint density at radius 1 is 1.22 bits per heavy atom. The predicted octanol–water partition coefficient (Wildman–Crippen LogP) is 3.23. The molecule has 1 aliphatic rings. The molecular weight excluding hydrogens is 242 g/mol. The average molecular weight is 263 g/mol. The maximum Gasteiger partial charge on any atom is 0.0815 e. The lowest BCUT2D eigenvalue weighted by Gasteiger charge is -2.23. The van der Waals surface area contributed by atoms with E-state index in [1.807, 2.05) is 30.3 Å². The molecule has 0 aromatic heterocycles. The fourth-order valence-electron chi connectivity index (χ4n) is 2.34. The molecule has 1 fully saturated rings. The second kappa shape index (κ2) is 6.86. The van der Waals surface area contributed by atoms with E-state index in [9.17, 15) is 4.21 Å². The fourth-order valence-corrected chi connectivity index (χ4v) is 3.29. The molecule has 3 heteroatoms. The maximum absolute atomic E-state index is 12.2. The highest BCUT2D eigenvalue weighted by Crippen LogP contribution is 2.18. The van der Waals surface area contributed by atoms with Gasteiger partial charge in [0.05, 0.1) is 10.8 Å². The summed E-state index contributed by atoms with van der Waals surface area (Å²) in [6, 6.07) is 10.1. The van der Waals surface area contributed by atoms with Crippen LogP contribution in [0.15, 0.2) is 46.7 Å². The van der Waals surface area contributed by atoms with Crippen LogP contribution in [-0.2, 0) is 10.8 Å². The Labute approximate surface area is 112 Å². The van der Waals surface area contributed by atoms with Crippen molar-refractivity contribution in [2.45, 2.75) is 43.0 Å². The van der Waals surface area contributed by atoms with Crippen LogP contribution in [0, 0.1) is 0 Å². The minimum absolute atomic E-state index is 0.586. The maximum atomic E-state index is 12.2. The normalized spacial score (nSPS) is 18.4. The van der Waals surface area contributed by atoms with Gasteiger partial charge in [0, 0.05) is 22.4 Å². The summed E-state index contributed by atoms with van der Waals surface area (Å²) >= 11 is 0. The highest BCUT2D eigenvalue weighted by atomic mass is 32.2. The Balaban J connectivity index is 1.82. The summed E-state index contributed by atoms with van der Waals surface area (Å²) in [5, 5.41) is 3.48. The van der Waals surface area contributed by atoms with Gasteiger partial charge in [-0.05, 0) is 25.0 Å². The molecule has 0 amide bonds. The highest BCUT2D eigenvalue weighted by molar-refractivity contribution is 7.89. The van der Waals surface area contributed by atoms with Gasteiger partial charge < -0.3 is 5.32 Å². The molecule has 18 heavy (non-hydrogen) atoms. The van der Waals surface area contributed by atoms with E-state index in [0.29, 0.717) is 12.6 Å². The molecule has 0 bridgehead atoms. The zero-order valence-electron chi connectivity index (χ0n) is 10.7. The van der Waals surface area contributed by atoms with Crippen molar-refractivity contribution < 1.29 is 4.21 Å². The van der Waals surface area contributed by atoms with Gasteiger partial charge in [-0.15, -0.1) is 0 Å². The van der Waals surface area contributed by atoms with Crippen molar-refractivity contribution in [1.29, 1.82) is 0 Å². The average Bonchev–Trinajstić information content (AvgIpc) is 2.46. The number of rotatable bonds is 5. The molecule has 1 saturated carbocycles. The van der Waals surface area contributed by atoms with E-state index < -0.39 is 10.8 Å². The van der Waals surface area contributed by atoms with E-state index in [1.165, 1.54) is 32.1 Å². The first-order chi connectivity index (χ1) is 8.77. The molecule has 2 rings (SSSR count). The standard InChI is InChI=1S/C15H21NOS/c1-13(12-16-14-8-4-2-5-9-14)18(17)15-10-6-3-7-11-15/h3,6-7,10-11,14,16H,1-2,4-5,8-9,12H2. The van der Waals surface area contributed by atoms with Crippen molar-refractivity contribution in [3.05, 3.63) is 41.8 Å². The molecular formula is C15H21NOS. The van der Waals surface area contributed by atoms with Gasteiger partial charge in [0.25, 0.3) is 0 Å². The minimum Gasteiger partial charge on any atom is -0.309 e. The van der Waals surface area contributed by atoms with Crippen LogP contribution < -0.4 is 5.32 Å². The Bertz CT molecular complexity index is 410. The summed E-state index contributed by atoms with van der Waals surface area (Å²) in [5.41, 5.74) is 0. The molecule has 98 valence electrons. The van der Waals surface area contributed by atoms with E-state index in [-0.39, 0.29) is 0 Å². The third kappa shape index (κ3) is 3.79. The Hall–Kier alpha value is -0.930. The third-order valence-corrected chi connectivity index (χ3v) is 4.78. The fraction of sp³-hybridized carbons (Fsp3) is 0.467. The van der Waals surface area contributed by atoms with Crippen molar-refractivity contribution in [2.75, 3.05) is 6.54 Å². The van der Waals surface area contributed by atoms with Crippen LogP contribution in [0.25, 0.3) is 0 Å². The largest absolute Gasteiger partial charge is 0.309 e. The van der Waals surface area contributed by atoms with E-state index in [4.69, 9.17) is 0 Å². The minimum atomic E-state index is -1.09. The van der Waals surface area contributed by atoms with E-state index in [0.717, 1.165) is 9.80 Å². The lowest BCUT2D eigenvalue weighted by molar-refractivity contribution is 0.384. The summed E-state index contributed by atoms with van der Waals surface area (Å²) in [6.07, 6.45) is 6.46. The molecule has 1 aromatic rings. The molecule has 1 aromatic carbocycles. The van der Waals surface area contributed by atoms with Crippen molar-refractivity contribution >= 4 is 10.8 Å². The molecule has 0 aliphatic heterocycles. The third-order valence-electron chi connectivity index (χ3n) is 3.41. The summed E-state index contributed by atoms with van der Waals surface area (Å²) in [4.78, 5) is 1.61. The summed E-state index contributed by atoms with van der Waals surface area (Å²) < 4.78 is 12.2. The van der Waals surface area contributed by atoms with Crippen LogP contribution in [0.1, 0.15) is 32.1 Å². The van der Waals surface area contributed by atoms with Crippen LogP contribution >= 0.6 is 0 Å². The van der Waals surface area contributed by atoms with E-state index in [2.05, 4.69) is 11.9 Å². The van der Waals surface area contributed by atoms with Gasteiger partial charge in [-0.1, -0.05) is 44.0 Å². The van der Waals surface area contributed by atoms with E-state index in [1.54, 1.807) is 0 Å². The van der Waals surface area contributed by atoms with Crippen molar-refractivity contribution in [3.8, 4) is 0 Å². The van der Waals surface area contributed by atoms with Crippen LogP contribution in [-0.4, -0.2) is 16.8 Å². The van der Waals surface area contributed by atoms with Crippen LogP contribution in [0.2, 0.25) is 0 Å². The number of benzene rings is 1. The molecule has 1 aliphatic carbocycles. The molecule has 2 nitrogen and oxygen atoms in total. The molecule has 0 saturated heterocycles.